The number of unbranched alkanes of at least 4 members (excludes halogenated alkanes) is 1. The molecule has 0 unspecified atom stereocenters. The molecule has 0 saturated carbocycles. The number of halogens is 1. The molecule has 1 aliphatic rings. The Morgan fingerprint density at radius 1 is 0.791 bits per heavy atom. The first-order valence-electron chi connectivity index (χ1n) is 14.5. The van der Waals surface area contributed by atoms with E-state index in [4.69, 9.17) is 26.1 Å². The molecule has 0 amide bonds. The van der Waals surface area contributed by atoms with Crippen molar-refractivity contribution in [1.82, 2.24) is 14.5 Å². The number of hydrogen-bond acceptors (Lipinski definition) is 6. The molecule has 7 nitrogen and oxygen atoms in total. The minimum Gasteiger partial charge on any atom is -0.508 e. The molecule has 2 heterocycles. The number of aliphatic hydroxyl groups excluding tert-OH is 1. The number of hydrogen-bond donors (Lipinski definition) is 2. The second kappa shape index (κ2) is 13.3. The molecule has 4 aromatic carbocycles. The Balaban J connectivity index is 1.45. The van der Waals surface area contributed by atoms with Crippen molar-refractivity contribution < 1.29 is 19.7 Å². The van der Waals surface area contributed by atoms with Gasteiger partial charge in [0.1, 0.15) is 11.6 Å². The third kappa shape index (κ3) is 6.70. The highest BCUT2D eigenvalue weighted by molar-refractivity contribution is 6.31. The van der Waals surface area contributed by atoms with E-state index in [1.807, 2.05) is 54.6 Å². The number of phenols is 1. The molecular weight excluding hydrogens is 562 g/mol. The lowest BCUT2D eigenvalue weighted by Gasteiger charge is -2.25. The number of fused-ring (bicyclic) bond motifs is 1. The van der Waals surface area contributed by atoms with Crippen molar-refractivity contribution in [3.63, 3.8) is 0 Å². The fraction of sp³-hybridized carbons (Fsp3) is 0.229. The molecule has 0 aliphatic carbocycles. The molecule has 8 heteroatoms. The quantitative estimate of drug-likeness (QED) is 0.148. The van der Waals surface area contributed by atoms with Crippen molar-refractivity contribution in [2.24, 2.45) is 0 Å². The van der Waals surface area contributed by atoms with Crippen LogP contribution < -0.4 is 9.47 Å². The van der Waals surface area contributed by atoms with Gasteiger partial charge in [0.2, 0.25) is 6.79 Å². The van der Waals surface area contributed by atoms with Crippen molar-refractivity contribution in [3.8, 4) is 39.9 Å². The molecule has 0 atom stereocenters. The number of rotatable bonds is 12. The SMILES string of the molecule is OCCCCn1c(-c2ccccc2)nc(-c2ccccc2)c1CN(Cc1ccc2c(c1)OCO2)Cc1ccc(O)cc1Cl. The van der Waals surface area contributed by atoms with Gasteiger partial charge in [-0.1, -0.05) is 84.4 Å². The molecule has 220 valence electrons. The van der Waals surface area contributed by atoms with Gasteiger partial charge in [-0.25, -0.2) is 4.98 Å². The van der Waals surface area contributed by atoms with Gasteiger partial charge in [0, 0.05) is 48.9 Å². The van der Waals surface area contributed by atoms with Crippen LogP contribution in [0.3, 0.4) is 0 Å². The van der Waals surface area contributed by atoms with Crippen molar-refractivity contribution in [2.45, 2.75) is 39.0 Å². The second-order valence-electron chi connectivity index (χ2n) is 10.7. The summed E-state index contributed by atoms with van der Waals surface area (Å²) in [5.74, 6) is 2.53. The Bertz CT molecular complexity index is 1670. The molecule has 43 heavy (non-hydrogen) atoms. The first-order valence-corrected chi connectivity index (χ1v) is 14.9. The summed E-state index contributed by atoms with van der Waals surface area (Å²) in [6.07, 6.45) is 1.52. The lowest BCUT2D eigenvalue weighted by atomic mass is 10.1. The first-order chi connectivity index (χ1) is 21.1. The third-order valence-electron chi connectivity index (χ3n) is 7.59. The van der Waals surface area contributed by atoms with Crippen LogP contribution >= 0.6 is 11.6 Å². The average Bonchev–Trinajstić information content (AvgIpc) is 3.64. The maximum Gasteiger partial charge on any atom is 0.231 e. The van der Waals surface area contributed by atoms with E-state index in [0.29, 0.717) is 31.1 Å². The standard InChI is InChI=1S/C35H34ClN3O4/c36-30-20-29(41)15-14-28(30)22-38(21-25-13-16-32-33(19-25)43-24-42-32)23-31-34(26-9-3-1-4-10-26)37-35(27-11-5-2-6-12-27)39(31)17-7-8-18-40/h1-6,9-16,19-20,40-41H,7-8,17-18,21-24H2. The summed E-state index contributed by atoms with van der Waals surface area (Å²) in [4.78, 5) is 7.58. The molecule has 5 aromatic rings. The zero-order valence-corrected chi connectivity index (χ0v) is 24.6. The summed E-state index contributed by atoms with van der Waals surface area (Å²) in [6.45, 7) is 2.83. The van der Waals surface area contributed by atoms with Crippen molar-refractivity contribution >= 4 is 11.6 Å². The van der Waals surface area contributed by atoms with E-state index in [9.17, 15) is 10.2 Å². The number of phenolic OH excluding ortho intramolecular Hbond substituents is 1. The summed E-state index contributed by atoms with van der Waals surface area (Å²) in [6, 6.07) is 31.7. The van der Waals surface area contributed by atoms with Crippen LogP contribution in [0.5, 0.6) is 17.2 Å². The maximum atomic E-state index is 9.99. The Kier molecular flexibility index (Phi) is 8.93. The third-order valence-corrected chi connectivity index (χ3v) is 7.94. The Morgan fingerprint density at radius 2 is 1.53 bits per heavy atom. The zero-order chi connectivity index (χ0) is 29.6. The zero-order valence-electron chi connectivity index (χ0n) is 23.8. The Hall–Kier alpha value is -4.30. The van der Waals surface area contributed by atoms with E-state index in [1.54, 1.807) is 12.1 Å². The normalized spacial score (nSPS) is 12.3. The number of benzene rings is 4. The van der Waals surface area contributed by atoms with Crippen molar-refractivity contribution in [2.75, 3.05) is 13.4 Å². The number of aromatic hydroxyl groups is 1. The van der Waals surface area contributed by atoms with Crippen LogP contribution in [0.1, 0.15) is 29.7 Å². The average molecular weight is 596 g/mol. The van der Waals surface area contributed by atoms with Gasteiger partial charge in [0.25, 0.3) is 0 Å². The molecule has 1 aliphatic heterocycles. The van der Waals surface area contributed by atoms with E-state index >= 15 is 0 Å². The van der Waals surface area contributed by atoms with Gasteiger partial charge in [-0.2, -0.15) is 0 Å². The van der Waals surface area contributed by atoms with E-state index in [-0.39, 0.29) is 19.1 Å². The van der Waals surface area contributed by atoms with E-state index in [0.717, 1.165) is 63.9 Å². The summed E-state index contributed by atoms with van der Waals surface area (Å²) in [5, 5.41) is 20.1. The predicted molar refractivity (Wildman–Crippen MR) is 168 cm³/mol. The number of aromatic nitrogens is 2. The lowest BCUT2D eigenvalue weighted by molar-refractivity contribution is 0.174. The monoisotopic (exact) mass is 595 g/mol. The topological polar surface area (TPSA) is 80.0 Å². The molecule has 2 N–H and O–H groups in total. The van der Waals surface area contributed by atoms with Crippen LogP contribution in [-0.4, -0.2) is 38.1 Å². The van der Waals surface area contributed by atoms with Gasteiger partial charge < -0.3 is 24.3 Å². The summed E-state index contributed by atoms with van der Waals surface area (Å²) < 4.78 is 13.5. The minimum atomic E-state index is 0.136. The summed E-state index contributed by atoms with van der Waals surface area (Å²) >= 11 is 6.62. The van der Waals surface area contributed by atoms with Crippen LogP contribution in [0.4, 0.5) is 0 Å². The fourth-order valence-electron chi connectivity index (χ4n) is 5.49. The van der Waals surface area contributed by atoms with Gasteiger partial charge in [-0.3, -0.25) is 4.90 Å². The second-order valence-corrected chi connectivity index (χ2v) is 11.1. The number of imidazole rings is 1. The largest absolute Gasteiger partial charge is 0.508 e. The minimum absolute atomic E-state index is 0.136. The van der Waals surface area contributed by atoms with Crippen molar-refractivity contribution in [3.05, 3.63) is 119 Å². The molecular formula is C35H34ClN3O4. The van der Waals surface area contributed by atoms with Crippen LogP contribution in [-0.2, 0) is 26.2 Å². The van der Waals surface area contributed by atoms with Crippen molar-refractivity contribution in [1.29, 1.82) is 0 Å². The van der Waals surface area contributed by atoms with Gasteiger partial charge in [-0.05, 0) is 48.2 Å². The number of nitrogens with zero attached hydrogens (tertiary/aromatic N) is 3. The number of ether oxygens (including phenoxy) is 2. The van der Waals surface area contributed by atoms with E-state index in [2.05, 4.69) is 39.8 Å². The molecule has 0 bridgehead atoms. The van der Waals surface area contributed by atoms with Crippen LogP contribution in [0.25, 0.3) is 22.6 Å². The smallest absolute Gasteiger partial charge is 0.231 e. The van der Waals surface area contributed by atoms with Gasteiger partial charge in [0.05, 0.1) is 11.4 Å². The summed E-state index contributed by atoms with van der Waals surface area (Å²) in [5.41, 5.74) is 6.08. The highest BCUT2D eigenvalue weighted by Gasteiger charge is 2.23. The maximum absolute atomic E-state index is 9.99. The fourth-order valence-corrected chi connectivity index (χ4v) is 5.72. The highest BCUT2D eigenvalue weighted by atomic mass is 35.5. The van der Waals surface area contributed by atoms with Crippen LogP contribution in [0.2, 0.25) is 5.02 Å². The molecule has 0 fully saturated rings. The van der Waals surface area contributed by atoms with E-state index < -0.39 is 0 Å². The molecule has 0 saturated heterocycles. The first kappa shape index (κ1) is 28.8. The molecule has 0 spiro atoms. The molecule has 0 radical (unpaired) electrons. The molecule has 6 rings (SSSR count). The van der Waals surface area contributed by atoms with Gasteiger partial charge in [0.15, 0.2) is 11.5 Å². The van der Waals surface area contributed by atoms with E-state index in [1.165, 1.54) is 0 Å². The Labute approximate surface area is 256 Å². The van der Waals surface area contributed by atoms with Crippen LogP contribution in [0, 0.1) is 0 Å². The molecule has 1 aromatic heterocycles. The number of aliphatic hydroxyl groups is 1. The predicted octanol–water partition coefficient (Wildman–Crippen LogP) is 7.28. The Morgan fingerprint density at radius 3 is 2.28 bits per heavy atom. The van der Waals surface area contributed by atoms with Gasteiger partial charge >= 0.3 is 0 Å². The van der Waals surface area contributed by atoms with Gasteiger partial charge in [-0.15, -0.1) is 0 Å². The summed E-state index contributed by atoms with van der Waals surface area (Å²) in [7, 11) is 0. The lowest BCUT2D eigenvalue weighted by Crippen LogP contribution is -2.25. The van der Waals surface area contributed by atoms with Crippen LogP contribution in [0.15, 0.2) is 97.1 Å². The highest BCUT2D eigenvalue weighted by Crippen LogP contribution is 2.35.